The summed E-state index contributed by atoms with van der Waals surface area (Å²) in [5.74, 6) is 0.443. The van der Waals surface area contributed by atoms with E-state index >= 15 is 0 Å². The van der Waals surface area contributed by atoms with Crippen LogP contribution in [0.1, 0.15) is 31.2 Å². The molecule has 2 unspecified atom stereocenters. The first kappa shape index (κ1) is 16.1. The molecule has 1 aliphatic heterocycles. The first-order valence-electron chi connectivity index (χ1n) is 7.23. The van der Waals surface area contributed by atoms with Crippen LogP contribution in [0.2, 0.25) is 10.0 Å². The van der Waals surface area contributed by atoms with E-state index in [1.165, 1.54) is 5.56 Å². The highest BCUT2D eigenvalue weighted by Crippen LogP contribution is 2.28. The molecule has 20 heavy (non-hydrogen) atoms. The molecule has 2 atom stereocenters. The van der Waals surface area contributed by atoms with E-state index < -0.39 is 0 Å². The van der Waals surface area contributed by atoms with Crippen molar-refractivity contribution in [1.82, 2.24) is 10.2 Å². The number of benzene rings is 1. The molecule has 1 saturated heterocycles. The second-order valence-electron chi connectivity index (χ2n) is 5.51. The maximum atomic E-state index is 6.28. The molecule has 5 heteroatoms. The van der Waals surface area contributed by atoms with Gasteiger partial charge in [-0.3, -0.25) is 4.90 Å². The lowest BCUT2D eigenvalue weighted by molar-refractivity contribution is 0.165. The van der Waals surface area contributed by atoms with Crippen molar-refractivity contribution in [2.24, 2.45) is 5.73 Å². The van der Waals surface area contributed by atoms with Gasteiger partial charge >= 0.3 is 0 Å². The van der Waals surface area contributed by atoms with Crippen LogP contribution in [-0.4, -0.2) is 37.2 Å². The number of halogens is 2. The third-order valence-electron chi connectivity index (χ3n) is 4.03. The van der Waals surface area contributed by atoms with Gasteiger partial charge in [-0.2, -0.15) is 0 Å². The van der Waals surface area contributed by atoms with Gasteiger partial charge in [-0.25, -0.2) is 0 Å². The van der Waals surface area contributed by atoms with E-state index in [1.807, 2.05) is 12.1 Å². The molecule has 1 aromatic carbocycles. The molecule has 0 saturated carbocycles. The van der Waals surface area contributed by atoms with E-state index in [0.717, 1.165) is 39.0 Å². The van der Waals surface area contributed by atoms with E-state index in [-0.39, 0.29) is 6.17 Å². The van der Waals surface area contributed by atoms with Gasteiger partial charge < -0.3 is 11.1 Å². The molecule has 112 valence electrons. The molecule has 0 aromatic heterocycles. The van der Waals surface area contributed by atoms with Crippen LogP contribution in [0.3, 0.4) is 0 Å². The number of nitrogens with zero attached hydrogens (tertiary/aromatic N) is 1. The number of rotatable bonds is 5. The minimum atomic E-state index is 0.155. The van der Waals surface area contributed by atoms with Crippen molar-refractivity contribution in [3.8, 4) is 0 Å². The maximum absolute atomic E-state index is 6.28. The summed E-state index contributed by atoms with van der Waals surface area (Å²) >= 11 is 12.0. The molecule has 2 rings (SSSR count). The Kier molecular flexibility index (Phi) is 6.12. The van der Waals surface area contributed by atoms with Crippen LogP contribution in [0.15, 0.2) is 18.2 Å². The fourth-order valence-corrected chi connectivity index (χ4v) is 2.91. The fourth-order valence-electron chi connectivity index (χ4n) is 2.60. The molecule has 0 spiro atoms. The zero-order valence-corrected chi connectivity index (χ0v) is 13.4. The van der Waals surface area contributed by atoms with Crippen molar-refractivity contribution in [1.29, 1.82) is 0 Å². The Morgan fingerprint density at radius 1 is 1.20 bits per heavy atom. The molecule has 3 nitrogen and oxygen atoms in total. The molecular weight excluding hydrogens is 293 g/mol. The largest absolute Gasteiger partial charge is 0.316 e. The van der Waals surface area contributed by atoms with Gasteiger partial charge in [0, 0.05) is 26.2 Å². The lowest BCUT2D eigenvalue weighted by Gasteiger charge is -2.33. The van der Waals surface area contributed by atoms with Crippen molar-refractivity contribution < 1.29 is 0 Å². The van der Waals surface area contributed by atoms with Gasteiger partial charge in [0.1, 0.15) is 0 Å². The van der Waals surface area contributed by atoms with Gasteiger partial charge in [0.15, 0.2) is 0 Å². The second-order valence-corrected chi connectivity index (χ2v) is 6.32. The third-order valence-corrected chi connectivity index (χ3v) is 4.77. The van der Waals surface area contributed by atoms with Gasteiger partial charge in [0.05, 0.1) is 16.2 Å². The molecule has 1 aromatic rings. The van der Waals surface area contributed by atoms with Crippen LogP contribution in [0.4, 0.5) is 0 Å². The summed E-state index contributed by atoms with van der Waals surface area (Å²) in [4.78, 5) is 2.36. The SMILES string of the molecule is CC(CCC(N)N1CCNCC1)c1ccc(Cl)c(Cl)c1. The van der Waals surface area contributed by atoms with E-state index in [4.69, 9.17) is 28.9 Å². The van der Waals surface area contributed by atoms with E-state index in [0.29, 0.717) is 16.0 Å². The van der Waals surface area contributed by atoms with Crippen molar-refractivity contribution in [2.45, 2.75) is 31.8 Å². The zero-order valence-electron chi connectivity index (χ0n) is 11.9. The fraction of sp³-hybridized carbons (Fsp3) is 0.600. The summed E-state index contributed by atoms with van der Waals surface area (Å²) in [6.45, 7) is 6.38. The number of piperazine rings is 1. The van der Waals surface area contributed by atoms with Crippen molar-refractivity contribution in [3.05, 3.63) is 33.8 Å². The quantitative estimate of drug-likeness (QED) is 0.877. The minimum absolute atomic E-state index is 0.155. The molecule has 0 radical (unpaired) electrons. The molecule has 0 bridgehead atoms. The molecular formula is C15H23Cl2N3. The van der Waals surface area contributed by atoms with E-state index in [9.17, 15) is 0 Å². The summed E-state index contributed by atoms with van der Waals surface area (Å²) in [5, 5.41) is 4.59. The summed E-state index contributed by atoms with van der Waals surface area (Å²) < 4.78 is 0. The molecule has 1 aliphatic rings. The molecule has 1 fully saturated rings. The summed E-state index contributed by atoms with van der Waals surface area (Å²) in [6, 6.07) is 5.88. The van der Waals surface area contributed by atoms with Gasteiger partial charge in [0.2, 0.25) is 0 Å². The highest BCUT2D eigenvalue weighted by atomic mass is 35.5. The van der Waals surface area contributed by atoms with E-state index in [1.54, 1.807) is 0 Å². The second kappa shape index (κ2) is 7.62. The molecule has 3 N–H and O–H groups in total. The summed E-state index contributed by atoms with van der Waals surface area (Å²) in [6.07, 6.45) is 2.21. The van der Waals surface area contributed by atoms with Gasteiger partial charge in [-0.05, 0) is 36.5 Å². The number of hydrogen-bond acceptors (Lipinski definition) is 3. The average molecular weight is 316 g/mol. The van der Waals surface area contributed by atoms with Crippen LogP contribution in [-0.2, 0) is 0 Å². The lowest BCUT2D eigenvalue weighted by Crippen LogP contribution is -2.51. The van der Waals surface area contributed by atoms with Gasteiger partial charge in [0.25, 0.3) is 0 Å². The smallest absolute Gasteiger partial charge is 0.0595 e. The van der Waals surface area contributed by atoms with Crippen LogP contribution < -0.4 is 11.1 Å². The van der Waals surface area contributed by atoms with Crippen LogP contribution in [0.25, 0.3) is 0 Å². The van der Waals surface area contributed by atoms with Crippen LogP contribution in [0.5, 0.6) is 0 Å². The maximum Gasteiger partial charge on any atom is 0.0595 e. The topological polar surface area (TPSA) is 41.3 Å². The molecule has 0 aliphatic carbocycles. The minimum Gasteiger partial charge on any atom is -0.316 e. The average Bonchev–Trinajstić information content (AvgIpc) is 2.48. The molecule has 1 heterocycles. The first-order valence-corrected chi connectivity index (χ1v) is 7.99. The van der Waals surface area contributed by atoms with E-state index in [2.05, 4.69) is 23.2 Å². The summed E-state index contributed by atoms with van der Waals surface area (Å²) in [7, 11) is 0. The Balaban J connectivity index is 1.84. The predicted octanol–water partition coefficient (Wildman–Crippen LogP) is 3.07. The highest BCUT2D eigenvalue weighted by molar-refractivity contribution is 6.42. The summed E-state index contributed by atoms with van der Waals surface area (Å²) in [5.41, 5.74) is 7.51. The van der Waals surface area contributed by atoms with Crippen LogP contribution in [0, 0.1) is 0 Å². The monoisotopic (exact) mass is 315 g/mol. The Morgan fingerprint density at radius 2 is 1.90 bits per heavy atom. The standard InChI is InChI=1S/C15H23Cl2N3/c1-11(12-3-4-13(16)14(17)10-12)2-5-15(18)20-8-6-19-7-9-20/h3-4,10-11,15,19H,2,5-9,18H2,1H3. The Hall–Kier alpha value is -0.320. The van der Waals surface area contributed by atoms with Gasteiger partial charge in [-0.15, -0.1) is 0 Å². The molecule has 0 amide bonds. The third kappa shape index (κ3) is 4.34. The Bertz CT molecular complexity index is 433. The first-order chi connectivity index (χ1) is 9.58. The number of hydrogen-bond donors (Lipinski definition) is 2. The zero-order chi connectivity index (χ0) is 14.5. The van der Waals surface area contributed by atoms with Crippen molar-refractivity contribution in [2.75, 3.05) is 26.2 Å². The predicted molar refractivity (Wildman–Crippen MR) is 86.5 cm³/mol. The normalized spacial score (nSPS) is 19.8. The Morgan fingerprint density at radius 3 is 2.55 bits per heavy atom. The van der Waals surface area contributed by atoms with Crippen LogP contribution >= 0.6 is 23.2 Å². The van der Waals surface area contributed by atoms with Gasteiger partial charge in [-0.1, -0.05) is 36.2 Å². The van der Waals surface area contributed by atoms with Crippen molar-refractivity contribution in [3.63, 3.8) is 0 Å². The number of nitrogens with two attached hydrogens (primary N) is 1. The highest BCUT2D eigenvalue weighted by Gasteiger charge is 2.18. The lowest BCUT2D eigenvalue weighted by atomic mass is 9.95. The number of nitrogens with one attached hydrogen (secondary N) is 1. The van der Waals surface area contributed by atoms with Crippen molar-refractivity contribution >= 4 is 23.2 Å². The Labute approximate surface area is 131 Å².